The fraction of sp³-hybridized carbons (Fsp3) is 0.0909. The molecular formula is C11H10FN3S. The first-order valence-corrected chi connectivity index (χ1v) is 5.54. The van der Waals surface area contributed by atoms with E-state index in [9.17, 15) is 4.39 Å². The summed E-state index contributed by atoms with van der Waals surface area (Å²) in [7, 11) is 1.70. The van der Waals surface area contributed by atoms with Gasteiger partial charge in [-0.1, -0.05) is 30.0 Å². The standard InChI is InChI=1S/C11H10FN3S/c1-13-11-14-7-9(12)10(15-11)16-8-5-3-2-4-6-8/h2-7H,1H3,(H,13,14,15). The molecule has 0 aliphatic heterocycles. The first-order chi connectivity index (χ1) is 7.79. The highest BCUT2D eigenvalue weighted by atomic mass is 32.2. The van der Waals surface area contributed by atoms with Gasteiger partial charge < -0.3 is 5.32 Å². The normalized spacial score (nSPS) is 10.1. The van der Waals surface area contributed by atoms with Gasteiger partial charge in [0.1, 0.15) is 5.03 Å². The highest BCUT2D eigenvalue weighted by Gasteiger charge is 2.07. The van der Waals surface area contributed by atoms with Gasteiger partial charge in [0.15, 0.2) is 5.82 Å². The number of halogens is 1. The van der Waals surface area contributed by atoms with Crippen LogP contribution in [0.25, 0.3) is 0 Å². The molecule has 0 radical (unpaired) electrons. The number of anilines is 1. The average Bonchev–Trinajstić information content (AvgIpc) is 2.33. The molecule has 0 aliphatic carbocycles. The Bertz CT molecular complexity index is 476. The van der Waals surface area contributed by atoms with Crippen molar-refractivity contribution >= 4 is 17.7 Å². The van der Waals surface area contributed by atoms with Crippen LogP contribution in [-0.2, 0) is 0 Å². The number of aromatic nitrogens is 2. The van der Waals surface area contributed by atoms with Crippen molar-refractivity contribution in [2.75, 3.05) is 12.4 Å². The van der Waals surface area contributed by atoms with E-state index in [1.807, 2.05) is 30.3 Å². The molecule has 0 bridgehead atoms. The van der Waals surface area contributed by atoms with Gasteiger partial charge >= 0.3 is 0 Å². The number of nitrogens with one attached hydrogen (secondary N) is 1. The molecule has 0 fully saturated rings. The Morgan fingerprint density at radius 2 is 2.00 bits per heavy atom. The minimum absolute atomic E-state index is 0.325. The maximum Gasteiger partial charge on any atom is 0.223 e. The summed E-state index contributed by atoms with van der Waals surface area (Å²) in [6, 6.07) is 9.54. The topological polar surface area (TPSA) is 37.8 Å². The van der Waals surface area contributed by atoms with E-state index in [0.29, 0.717) is 11.0 Å². The summed E-state index contributed by atoms with van der Waals surface area (Å²) in [5, 5.41) is 3.10. The summed E-state index contributed by atoms with van der Waals surface area (Å²) >= 11 is 1.28. The zero-order valence-electron chi connectivity index (χ0n) is 8.64. The second kappa shape index (κ2) is 4.94. The van der Waals surface area contributed by atoms with Crippen LogP contribution in [0, 0.1) is 5.82 Å². The van der Waals surface area contributed by atoms with Crippen molar-refractivity contribution in [3.05, 3.63) is 42.3 Å². The number of benzene rings is 1. The number of hydrogen-bond donors (Lipinski definition) is 1. The van der Waals surface area contributed by atoms with E-state index < -0.39 is 5.82 Å². The number of rotatable bonds is 3. The third kappa shape index (κ3) is 2.49. The van der Waals surface area contributed by atoms with Crippen LogP contribution in [0.4, 0.5) is 10.3 Å². The van der Waals surface area contributed by atoms with Crippen LogP contribution in [0.1, 0.15) is 0 Å². The van der Waals surface area contributed by atoms with Gasteiger partial charge in [0.25, 0.3) is 0 Å². The lowest BCUT2D eigenvalue weighted by atomic mass is 10.4. The Kier molecular flexibility index (Phi) is 3.36. The zero-order valence-corrected chi connectivity index (χ0v) is 9.46. The maximum atomic E-state index is 13.4. The first kappa shape index (κ1) is 10.9. The van der Waals surface area contributed by atoms with Crippen molar-refractivity contribution < 1.29 is 4.39 Å². The zero-order chi connectivity index (χ0) is 11.4. The average molecular weight is 235 g/mol. The van der Waals surface area contributed by atoms with E-state index in [0.717, 1.165) is 4.90 Å². The molecule has 1 aromatic heterocycles. The van der Waals surface area contributed by atoms with Crippen LogP contribution in [0.2, 0.25) is 0 Å². The molecule has 1 aromatic carbocycles. The lowest BCUT2D eigenvalue weighted by Crippen LogP contribution is -1.98. The third-order valence-corrected chi connectivity index (χ3v) is 2.88. The monoisotopic (exact) mass is 235 g/mol. The molecule has 2 aromatic rings. The molecule has 1 N–H and O–H groups in total. The van der Waals surface area contributed by atoms with Crippen molar-refractivity contribution in [3.63, 3.8) is 0 Å². The van der Waals surface area contributed by atoms with Crippen LogP contribution in [0.15, 0.2) is 46.5 Å². The third-order valence-electron chi connectivity index (χ3n) is 1.89. The smallest absolute Gasteiger partial charge is 0.223 e. The Morgan fingerprint density at radius 1 is 1.25 bits per heavy atom. The van der Waals surface area contributed by atoms with Crippen LogP contribution in [0.5, 0.6) is 0 Å². The molecule has 5 heteroatoms. The lowest BCUT2D eigenvalue weighted by Gasteiger charge is -2.03. The first-order valence-electron chi connectivity index (χ1n) is 4.73. The molecule has 1 heterocycles. The van der Waals surface area contributed by atoms with Gasteiger partial charge in [0, 0.05) is 11.9 Å². The van der Waals surface area contributed by atoms with Gasteiger partial charge in [0.05, 0.1) is 6.20 Å². The van der Waals surface area contributed by atoms with Gasteiger partial charge in [-0.25, -0.2) is 14.4 Å². The highest BCUT2D eigenvalue weighted by molar-refractivity contribution is 7.99. The minimum atomic E-state index is -0.409. The second-order valence-corrected chi connectivity index (χ2v) is 4.07. The van der Waals surface area contributed by atoms with Gasteiger partial charge in [-0.2, -0.15) is 0 Å². The van der Waals surface area contributed by atoms with Gasteiger partial charge in [0.2, 0.25) is 5.95 Å². The van der Waals surface area contributed by atoms with E-state index in [1.54, 1.807) is 7.05 Å². The fourth-order valence-electron chi connectivity index (χ4n) is 1.14. The predicted octanol–water partition coefficient (Wildman–Crippen LogP) is 2.81. The van der Waals surface area contributed by atoms with Crippen molar-refractivity contribution in [2.24, 2.45) is 0 Å². The van der Waals surface area contributed by atoms with Crippen LogP contribution >= 0.6 is 11.8 Å². The van der Waals surface area contributed by atoms with Crippen molar-refractivity contribution in [1.82, 2.24) is 9.97 Å². The fourth-order valence-corrected chi connectivity index (χ4v) is 1.94. The van der Waals surface area contributed by atoms with E-state index >= 15 is 0 Å². The maximum absolute atomic E-state index is 13.4. The summed E-state index contributed by atoms with van der Waals surface area (Å²) in [6.45, 7) is 0. The van der Waals surface area contributed by atoms with E-state index in [2.05, 4.69) is 15.3 Å². The molecule has 0 amide bonds. The SMILES string of the molecule is CNc1ncc(F)c(Sc2ccccc2)n1. The Morgan fingerprint density at radius 3 is 2.69 bits per heavy atom. The summed E-state index contributed by atoms with van der Waals surface area (Å²) in [4.78, 5) is 8.79. The van der Waals surface area contributed by atoms with Crippen molar-refractivity contribution in [1.29, 1.82) is 0 Å². The van der Waals surface area contributed by atoms with Crippen LogP contribution < -0.4 is 5.32 Å². The Hall–Kier alpha value is -1.62. The largest absolute Gasteiger partial charge is 0.357 e. The predicted molar refractivity (Wildman–Crippen MR) is 62.1 cm³/mol. The molecule has 0 unspecified atom stereocenters. The molecule has 0 spiro atoms. The molecule has 0 atom stereocenters. The summed E-state index contributed by atoms with van der Waals surface area (Å²) in [5.41, 5.74) is 0. The minimum Gasteiger partial charge on any atom is -0.357 e. The van der Waals surface area contributed by atoms with Crippen molar-refractivity contribution in [3.8, 4) is 0 Å². The highest BCUT2D eigenvalue weighted by Crippen LogP contribution is 2.27. The molecule has 3 nitrogen and oxygen atoms in total. The second-order valence-electron chi connectivity index (χ2n) is 3.01. The van der Waals surface area contributed by atoms with Gasteiger partial charge in [-0.3, -0.25) is 0 Å². The van der Waals surface area contributed by atoms with E-state index in [4.69, 9.17) is 0 Å². The number of hydrogen-bond acceptors (Lipinski definition) is 4. The quantitative estimate of drug-likeness (QED) is 0.830. The molecule has 0 saturated heterocycles. The summed E-state index contributed by atoms with van der Waals surface area (Å²) in [5.74, 6) is 0.00711. The van der Waals surface area contributed by atoms with E-state index in [1.165, 1.54) is 18.0 Å². The van der Waals surface area contributed by atoms with Gasteiger partial charge in [-0.15, -0.1) is 0 Å². The van der Waals surface area contributed by atoms with Crippen LogP contribution in [-0.4, -0.2) is 17.0 Å². The van der Waals surface area contributed by atoms with Crippen LogP contribution in [0.3, 0.4) is 0 Å². The molecule has 16 heavy (non-hydrogen) atoms. The molecule has 2 rings (SSSR count). The summed E-state index contributed by atoms with van der Waals surface area (Å²) in [6.07, 6.45) is 1.17. The van der Waals surface area contributed by atoms with Gasteiger partial charge in [-0.05, 0) is 12.1 Å². The molecular weight excluding hydrogens is 225 g/mol. The Balaban J connectivity index is 2.27. The lowest BCUT2D eigenvalue weighted by molar-refractivity contribution is 0.580. The van der Waals surface area contributed by atoms with E-state index in [-0.39, 0.29) is 0 Å². The molecule has 82 valence electrons. The molecule has 0 aliphatic rings. The Labute approximate surface area is 97.1 Å². The van der Waals surface area contributed by atoms with Crippen molar-refractivity contribution in [2.45, 2.75) is 9.92 Å². The number of nitrogens with zero attached hydrogens (tertiary/aromatic N) is 2. The summed E-state index contributed by atoms with van der Waals surface area (Å²) < 4.78 is 13.4. The molecule has 0 saturated carbocycles.